The summed E-state index contributed by atoms with van der Waals surface area (Å²) in [6.45, 7) is 1.39. The van der Waals surface area contributed by atoms with E-state index in [0.29, 0.717) is 5.75 Å². The van der Waals surface area contributed by atoms with Crippen LogP contribution in [0.2, 0.25) is 0 Å². The number of sulfonamides is 1. The van der Waals surface area contributed by atoms with Gasteiger partial charge in [-0.15, -0.1) is 11.3 Å². The van der Waals surface area contributed by atoms with Crippen LogP contribution < -0.4 is 9.46 Å². The molecule has 1 amide bonds. The number of esters is 1. The van der Waals surface area contributed by atoms with Gasteiger partial charge in [0.2, 0.25) is 0 Å². The molecule has 9 heteroatoms. The fourth-order valence-corrected chi connectivity index (χ4v) is 4.15. The van der Waals surface area contributed by atoms with E-state index in [9.17, 15) is 18.0 Å². The van der Waals surface area contributed by atoms with Crippen molar-refractivity contribution in [3.05, 3.63) is 46.2 Å². The second-order valence-corrected chi connectivity index (χ2v) is 7.31. The average Bonchev–Trinajstić information content (AvgIpc) is 3.02. The van der Waals surface area contributed by atoms with Crippen LogP contribution in [-0.4, -0.2) is 34.0 Å². The van der Waals surface area contributed by atoms with Crippen LogP contribution in [0.3, 0.4) is 0 Å². The number of carbonyl (C=O) groups is 2. The van der Waals surface area contributed by atoms with Crippen LogP contribution in [0.25, 0.3) is 0 Å². The van der Waals surface area contributed by atoms with E-state index in [2.05, 4.69) is 4.74 Å². The van der Waals surface area contributed by atoms with E-state index < -0.39 is 28.5 Å². The van der Waals surface area contributed by atoms with Crippen molar-refractivity contribution >= 4 is 33.2 Å². The fourth-order valence-electron chi connectivity index (χ4n) is 1.84. The van der Waals surface area contributed by atoms with Crippen molar-refractivity contribution < 1.29 is 27.5 Å². The summed E-state index contributed by atoms with van der Waals surface area (Å²) in [5, 5.41) is 1.43. The van der Waals surface area contributed by atoms with Gasteiger partial charge in [0.05, 0.1) is 7.11 Å². The average molecular weight is 369 g/mol. The van der Waals surface area contributed by atoms with E-state index >= 15 is 0 Å². The number of rotatable bonds is 6. The van der Waals surface area contributed by atoms with Gasteiger partial charge in [-0.2, -0.15) is 0 Å². The number of hydrogen-bond donors (Lipinski definition) is 1. The quantitative estimate of drug-likeness (QED) is 0.779. The Bertz CT molecular complexity index is 856. The highest BCUT2D eigenvalue weighted by Gasteiger charge is 2.26. The molecule has 128 valence electrons. The van der Waals surface area contributed by atoms with Crippen molar-refractivity contribution in [3.8, 4) is 5.75 Å². The Balaban J connectivity index is 2.05. The number of benzene rings is 1. The zero-order chi connectivity index (χ0) is 17.7. The molecule has 0 saturated heterocycles. The first-order valence-corrected chi connectivity index (χ1v) is 9.10. The first-order valence-electron chi connectivity index (χ1n) is 6.74. The second-order valence-electron chi connectivity index (χ2n) is 4.74. The number of nitrogens with one attached hydrogen (secondary N) is 1. The fraction of sp³-hybridized carbons (Fsp3) is 0.200. The summed E-state index contributed by atoms with van der Waals surface area (Å²) in [4.78, 5) is 23.0. The summed E-state index contributed by atoms with van der Waals surface area (Å²) in [6.07, 6.45) is 0. The van der Waals surface area contributed by atoms with Gasteiger partial charge in [0.1, 0.15) is 15.5 Å². The lowest BCUT2D eigenvalue weighted by Gasteiger charge is -2.09. The molecule has 1 aromatic heterocycles. The number of ether oxygens (including phenoxy) is 2. The van der Waals surface area contributed by atoms with Crippen LogP contribution in [0.1, 0.15) is 15.2 Å². The van der Waals surface area contributed by atoms with Crippen molar-refractivity contribution in [1.29, 1.82) is 0 Å². The standard InChI is InChI=1S/C15H15NO6S2/c1-10-4-3-5-11(8-10)22-9-13(17)16-24(19,20)12-6-7-23-14(12)15(18)21-2/h3-8H,9H2,1-2H3,(H,16,17). The summed E-state index contributed by atoms with van der Waals surface area (Å²) in [6, 6.07) is 8.22. The van der Waals surface area contributed by atoms with Crippen molar-refractivity contribution in [2.75, 3.05) is 13.7 Å². The molecular weight excluding hydrogens is 354 g/mol. The summed E-state index contributed by atoms with van der Waals surface area (Å²) in [5.41, 5.74) is 0.946. The summed E-state index contributed by atoms with van der Waals surface area (Å²) in [5.74, 6) is -1.18. The lowest BCUT2D eigenvalue weighted by molar-refractivity contribution is -0.121. The van der Waals surface area contributed by atoms with E-state index in [0.717, 1.165) is 24.0 Å². The van der Waals surface area contributed by atoms with Gasteiger partial charge in [0, 0.05) is 0 Å². The third-order valence-corrected chi connectivity index (χ3v) is 5.34. The van der Waals surface area contributed by atoms with Gasteiger partial charge in [-0.1, -0.05) is 12.1 Å². The van der Waals surface area contributed by atoms with Crippen LogP contribution in [0.5, 0.6) is 5.75 Å². The molecule has 2 aromatic rings. The first kappa shape index (κ1) is 18.0. The van der Waals surface area contributed by atoms with Crippen molar-refractivity contribution in [1.82, 2.24) is 4.72 Å². The zero-order valence-electron chi connectivity index (χ0n) is 12.9. The van der Waals surface area contributed by atoms with Crippen LogP contribution >= 0.6 is 11.3 Å². The molecule has 0 saturated carbocycles. The molecule has 0 aliphatic rings. The predicted octanol–water partition coefficient (Wildman–Crippen LogP) is 1.73. The normalized spacial score (nSPS) is 10.9. The molecule has 0 radical (unpaired) electrons. The molecule has 0 atom stereocenters. The van der Waals surface area contributed by atoms with Gasteiger partial charge in [0.25, 0.3) is 15.9 Å². The zero-order valence-corrected chi connectivity index (χ0v) is 14.6. The topological polar surface area (TPSA) is 98.8 Å². The van der Waals surface area contributed by atoms with E-state index in [1.807, 2.05) is 17.7 Å². The number of aryl methyl sites for hydroxylation is 1. The molecule has 1 aromatic carbocycles. The third kappa shape index (κ3) is 4.33. The van der Waals surface area contributed by atoms with Gasteiger partial charge in [-0.05, 0) is 36.1 Å². The van der Waals surface area contributed by atoms with E-state index in [4.69, 9.17) is 4.74 Å². The first-order chi connectivity index (χ1) is 11.3. The van der Waals surface area contributed by atoms with Gasteiger partial charge < -0.3 is 9.47 Å². The lowest BCUT2D eigenvalue weighted by Crippen LogP contribution is -2.34. The summed E-state index contributed by atoms with van der Waals surface area (Å²) >= 11 is 0.912. The predicted molar refractivity (Wildman–Crippen MR) is 87.7 cm³/mol. The van der Waals surface area contributed by atoms with Crippen LogP contribution in [-0.2, 0) is 19.6 Å². The van der Waals surface area contributed by atoms with Crippen molar-refractivity contribution in [2.24, 2.45) is 0 Å². The van der Waals surface area contributed by atoms with Crippen LogP contribution in [0.4, 0.5) is 0 Å². The highest BCUT2D eigenvalue weighted by molar-refractivity contribution is 7.90. The Morgan fingerprint density at radius 2 is 2.00 bits per heavy atom. The minimum absolute atomic E-state index is 0.0996. The molecule has 1 N–H and O–H groups in total. The molecule has 24 heavy (non-hydrogen) atoms. The Labute approximate surface area is 143 Å². The van der Waals surface area contributed by atoms with Crippen molar-refractivity contribution in [3.63, 3.8) is 0 Å². The molecule has 1 heterocycles. The molecule has 0 bridgehead atoms. The molecule has 0 aliphatic carbocycles. The van der Waals surface area contributed by atoms with E-state index in [-0.39, 0.29) is 9.77 Å². The van der Waals surface area contributed by atoms with E-state index in [1.54, 1.807) is 18.2 Å². The van der Waals surface area contributed by atoms with Crippen LogP contribution in [0, 0.1) is 6.92 Å². The van der Waals surface area contributed by atoms with Crippen molar-refractivity contribution in [2.45, 2.75) is 11.8 Å². The number of methoxy groups -OCH3 is 1. The maximum absolute atomic E-state index is 12.2. The minimum atomic E-state index is -4.18. The Hall–Kier alpha value is -2.39. The Kier molecular flexibility index (Phi) is 5.58. The Morgan fingerprint density at radius 3 is 2.67 bits per heavy atom. The lowest BCUT2D eigenvalue weighted by atomic mass is 10.2. The highest BCUT2D eigenvalue weighted by atomic mass is 32.2. The maximum Gasteiger partial charge on any atom is 0.349 e. The smallest absolute Gasteiger partial charge is 0.349 e. The molecular formula is C15H15NO6S2. The molecule has 7 nitrogen and oxygen atoms in total. The maximum atomic E-state index is 12.2. The summed E-state index contributed by atoms with van der Waals surface area (Å²) in [7, 11) is -3.04. The monoisotopic (exact) mass is 369 g/mol. The van der Waals surface area contributed by atoms with Crippen LogP contribution in [0.15, 0.2) is 40.6 Å². The van der Waals surface area contributed by atoms with Gasteiger partial charge in [-0.3, -0.25) is 4.79 Å². The molecule has 0 fully saturated rings. The largest absolute Gasteiger partial charge is 0.484 e. The number of thiophene rings is 1. The minimum Gasteiger partial charge on any atom is -0.484 e. The van der Waals surface area contributed by atoms with E-state index in [1.165, 1.54) is 11.4 Å². The molecule has 0 spiro atoms. The second kappa shape index (κ2) is 7.45. The number of amides is 1. The number of carbonyl (C=O) groups excluding carboxylic acids is 2. The number of hydrogen-bond acceptors (Lipinski definition) is 7. The van der Waals surface area contributed by atoms with Gasteiger partial charge in [-0.25, -0.2) is 17.9 Å². The third-order valence-electron chi connectivity index (χ3n) is 2.90. The molecule has 2 rings (SSSR count). The molecule has 0 unspecified atom stereocenters. The summed E-state index contributed by atoms with van der Waals surface area (Å²) < 4.78 is 36.1. The molecule has 0 aliphatic heterocycles. The van der Waals surface area contributed by atoms with Gasteiger partial charge >= 0.3 is 5.97 Å². The SMILES string of the molecule is COC(=O)c1sccc1S(=O)(=O)NC(=O)COc1cccc(C)c1. The van der Waals surface area contributed by atoms with Gasteiger partial charge in [0.15, 0.2) is 6.61 Å². The highest BCUT2D eigenvalue weighted by Crippen LogP contribution is 2.22. The Morgan fingerprint density at radius 1 is 1.25 bits per heavy atom.